The Bertz CT molecular complexity index is 774. The zero-order chi connectivity index (χ0) is 14.8. The van der Waals surface area contributed by atoms with Crippen LogP contribution >= 0.6 is 15.9 Å². The molecule has 0 saturated heterocycles. The highest BCUT2D eigenvalue weighted by atomic mass is 79.9. The number of benzene rings is 1. The van der Waals surface area contributed by atoms with Crippen molar-refractivity contribution in [3.63, 3.8) is 0 Å². The molecule has 0 amide bonds. The van der Waals surface area contributed by atoms with Gasteiger partial charge in [-0.15, -0.1) is 0 Å². The van der Waals surface area contributed by atoms with E-state index >= 15 is 0 Å². The average molecular weight is 346 g/mol. The van der Waals surface area contributed by atoms with Crippen LogP contribution in [0.4, 0.5) is 10.1 Å². The Kier molecular flexibility index (Phi) is 3.84. The Hall–Kier alpha value is -2.01. The van der Waals surface area contributed by atoms with Gasteiger partial charge < -0.3 is 5.32 Å². The van der Waals surface area contributed by atoms with Crippen LogP contribution in [0.3, 0.4) is 0 Å². The van der Waals surface area contributed by atoms with Gasteiger partial charge in [-0.05, 0) is 52.7 Å². The Balaban J connectivity index is 1.92. The quantitative estimate of drug-likeness (QED) is 0.747. The standard InChI is InChI=1S/C16H13BrFN3/c1-10(11-2-4-13(18)5-3-11)21-14-6-7-19-15-8-12(17)9-20-16(14)15/h2-10H,1H3,(H,19,21). The van der Waals surface area contributed by atoms with Crippen molar-refractivity contribution in [1.82, 2.24) is 9.97 Å². The fraction of sp³-hybridized carbons (Fsp3) is 0.125. The Labute approximate surface area is 130 Å². The minimum absolute atomic E-state index is 0.0432. The Morgan fingerprint density at radius 1 is 1.14 bits per heavy atom. The molecule has 0 spiro atoms. The van der Waals surface area contributed by atoms with Crippen molar-refractivity contribution in [2.24, 2.45) is 0 Å². The van der Waals surface area contributed by atoms with Crippen LogP contribution in [0, 0.1) is 5.82 Å². The first-order valence-electron chi connectivity index (χ1n) is 6.56. The summed E-state index contributed by atoms with van der Waals surface area (Å²) in [5, 5.41) is 3.40. The van der Waals surface area contributed by atoms with Crippen molar-refractivity contribution in [1.29, 1.82) is 0 Å². The number of nitrogens with one attached hydrogen (secondary N) is 1. The lowest BCUT2D eigenvalue weighted by Crippen LogP contribution is -2.07. The van der Waals surface area contributed by atoms with E-state index in [-0.39, 0.29) is 11.9 Å². The minimum Gasteiger partial charge on any atom is -0.377 e. The van der Waals surface area contributed by atoms with Crippen LogP contribution in [0.5, 0.6) is 0 Å². The van der Waals surface area contributed by atoms with Crippen molar-refractivity contribution in [2.45, 2.75) is 13.0 Å². The molecule has 3 aromatic rings. The molecule has 3 rings (SSSR count). The van der Waals surface area contributed by atoms with Crippen molar-refractivity contribution >= 4 is 32.7 Å². The van der Waals surface area contributed by atoms with Crippen LogP contribution in [-0.4, -0.2) is 9.97 Å². The summed E-state index contributed by atoms with van der Waals surface area (Å²) in [6.07, 6.45) is 3.49. The van der Waals surface area contributed by atoms with Crippen LogP contribution < -0.4 is 5.32 Å². The Morgan fingerprint density at radius 3 is 2.67 bits per heavy atom. The van der Waals surface area contributed by atoms with Gasteiger partial charge in [0.25, 0.3) is 0 Å². The number of hydrogen-bond donors (Lipinski definition) is 1. The number of halogens is 2. The highest BCUT2D eigenvalue weighted by Gasteiger charge is 2.09. The maximum absolute atomic E-state index is 13.0. The first kappa shape index (κ1) is 13.9. The van der Waals surface area contributed by atoms with Crippen molar-refractivity contribution < 1.29 is 4.39 Å². The number of pyridine rings is 2. The number of anilines is 1. The van der Waals surface area contributed by atoms with E-state index < -0.39 is 0 Å². The Morgan fingerprint density at radius 2 is 1.90 bits per heavy atom. The number of aromatic nitrogens is 2. The lowest BCUT2D eigenvalue weighted by Gasteiger charge is -2.16. The van der Waals surface area contributed by atoms with Crippen molar-refractivity contribution in [3.8, 4) is 0 Å². The van der Waals surface area contributed by atoms with Crippen LogP contribution in [0.15, 0.2) is 53.3 Å². The normalized spacial score (nSPS) is 12.3. The van der Waals surface area contributed by atoms with Crippen molar-refractivity contribution in [2.75, 3.05) is 5.32 Å². The van der Waals surface area contributed by atoms with Crippen LogP contribution in [0.1, 0.15) is 18.5 Å². The van der Waals surface area contributed by atoms with Crippen molar-refractivity contribution in [3.05, 3.63) is 64.6 Å². The van der Waals surface area contributed by atoms with Gasteiger partial charge in [-0.1, -0.05) is 12.1 Å². The predicted molar refractivity (Wildman–Crippen MR) is 85.7 cm³/mol. The molecule has 1 atom stereocenters. The summed E-state index contributed by atoms with van der Waals surface area (Å²) < 4.78 is 13.9. The molecule has 0 aliphatic carbocycles. The predicted octanol–water partition coefficient (Wildman–Crippen LogP) is 4.70. The second-order valence-electron chi connectivity index (χ2n) is 4.80. The molecule has 0 bridgehead atoms. The molecule has 0 radical (unpaired) electrons. The molecule has 3 nitrogen and oxygen atoms in total. The molecule has 1 N–H and O–H groups in total. The SMILES string of the molecule is CC(Nc1ccnc2cc(Br)cnc12)c1ccc(F)cc1. The molecule has 0 fully saturated rings. The van der Waals surface area contributed by atoms with E-state index in [2.05, 4.69) is 31.2 Å². The molecular formula is C16H13BrFN3. The average Bonchev–Trinajstić information content (AvgIpc) is 2.47. The molecule has 5 heteroatoms. The van der Waals surface area contributed by atoms with Gasteiger partial charge in [-0.2, -0.15) is 0 Å². The number of fused-ring (bicyclic) bond motifs is 1. The maximum atomic E-state index is 13.0. The summed E-state index contributed by atoms with van der Waals surface area (Å²) in [6, 6.07) is 10.3. The monoisotopic (exact) mass is 345 g/mol. The lowest BCUT2D eigenvalue weighted by molar-refractivity contribution is 0.626. The van der Waals surface area contributed by atoms with Gasteiger partial charge in [0.2, 0.25) is 0 Å². The number of rotatable bonds is 3. The third-order valence-corrected chi connectivity index (χ3v) is 3.72. The molecule has 2 aromatic heterocycles. The highest BCUT2D eigenvalue weighted by Crippen LogP contribution is 2.26. The summed E-state index contributed by atoms with van der Waals surface area (Å²) >= 11 is 3.39. The molecule has 106 valence electrons. The van der Waals surface area contributed by atoms with Gasteiger partial charge in [0.1, 0.15) is 11.3 Å². The van der Waals surface area contributed by atoms with Gasteiger partial charge in [0.15, 0.2) is 0 Å². The van der Waals surface area contributed by atoms with E-state index in [9.17, 15) is 4.39 Å². The summed E-state index contributed by atoms with van der Waals surface area (Å²) in [5.41, 5.74) is 3.55. The third-order valence-electron chi connectivity index (χ3n) is 3.29. The van der Waals surface area contributed by atoms with Crippen LogP contribution in [0.25, 0.3) is 11.0 Å². The van der Waals surface area contributed by atoms with E-state index in [0.717, 1.165) is 26.8 Å². The van der Waals surface area contributed by atoms with Crippen LogP contribution in [-0.2, 0) is 0 Å². The first-order valence-corrected chi connectivity index (χ1v) is 7.35. The van der Waals surface area contributed by atoms with E-state index in [1.807, 2.05) is 19.1 Å². The second kappa shape index (κ2) is 5.77. The van der Waals surface area contributed by atoms with Gasteiger partial charge in [-0.3, -0.25) is 9.97 Å². The molecule has 0 aliphatic heterocycles. The molecule has 1 unspecified atom stereocenters. The molecule has 2 heterocycles. The highest BCUT2D eigenvalue weighted by molar-refractivity contribution is 9.10. The molecule has 21 heavy (non-hydrogen) atoms. The van der Waals surface area contributed by atoms with Gasteiger partial charge in [0, 0.05) is 22.9 Å². The molecule has 1 aromatic carbocycles. The first-order chi connectivity index (χ1) is 10.1. The topological polar surface area (TPSA) is 37.8 Å². The van der Waals surface area contributed by atoms with E-state index in [1.165, 1.54) is 12.1 Å². The van der Waals surface area contributed by atoms with E-state index in [4.69, 9.17) is 0 Å². The summed E-state index contributed by atoms with van der Waals surface area (Å²) in [6.45, 7) is 2.03. The smallest absolute Gasteiger partial charge is 0.123 e. The second-order valence-corrected chi connectivity index (χ2v) is 5.71. The fourth-order valence-electron chi connectivity index (χ4n) is 2.19. The molecule has 0 aliphatic rings. The summed E-state index contributed by atoms with van der Waals surface area (Å²) in [5.74, 6) is -0.230. The largest absolute Gasteiger partial charge is 0.377 e. The minimum atomic E-state index is -0.230. The maximum Gasteiger partial charge on any atom is 0.123 e. The number of nitrogens with zero attached hydrogens (tertiary/aromatic N) is 2. The molecular weight excluding hydrogens is 333 g/mol. The third kappa shape index (κ3) is 3.03. The van der Waals surface area contributed by atoms with E-state index in [0.29, 0.717) is 0 Å². The van der Waals surface area contributed by atoms with E-state index in [1.54, 1.807) is 24.5 Å². The number of hydrogen-bond acceptors (Lipinski definition) is 3. The van der Waals surface area contributed by atoms with Gasteiger partial charge in [0.05, 0.1) is 11.2 Å². The lowest BCUT2D eigenvalue weighted by atomic mass is 10.1. The van der Waals surface area contributed by atoms with Crippen LogP contribution in [0.2, 0.25) is 0 Å². The van der Waals surface area contributed by atoms with Gasteiger partial charge >= 0.3 is 0 Å². The zero-order valence-corrected chi connectivity index (χ0v) is 12.9. The summed E-state index contributed by atoms with van der Waals surface area (Å²) in [4.78, 5) is 8.72. The molecule has 0 saturated carbocycles. The van der Waals surface area contributed by atoms with Gasteiger partial charge in [-0.25, -0.2) is 4.39 Å². The zero-order valence-electron chi connectivity index (χ0n) is 11.3. The fourth-order valence-corrected chi connectivity index (χ4v) is 2.51. The summed E-state index contributed by atoms with van der Waals surface area (Å²) in [7, 11) is 0.